The molecule has 6 heteroatoms. The number of hydrogen-bond donors (Lipinski definition) is 2. The molecule has 0 fully saturated rings. The zero-order chi connectivity index (χ0) is 13.7. The normalized spacial score (nSPS) is 10.6. The Labute approximate surface area is 112 Å². The quantitative estimate of drug-likeness (QED) is 0.635. The van der Waals surface area contributed by atoms with Gasteiger partial charge in [-0.25, -0.2) is 10.8 Å². The first-order valence-corrected chi connectivity index (χ1v) is 6.22. The lowest BCUT2D eigenvalue weighted by Gasteiger charge is -2.18. The molecule has 0 saturated carbocycles. The molecule has 0 saturated heterocycles. The molecule has 0 aliphatic carbocycles. The molecular weight excluding hydrogens is 252 g/mol. The Kier molecular flexibility index (Phi) is 5.37. The highest BCUT2D eigenvalue weighted by Gasteiger charge is 2.17. The second-order valence-corrected chi connectivity index (χ2v) is 4.99. The van der Waals surface area contributed by atoms with Crippen LogP contribution < -0.4 is 11.3 Å². The Hall–Kier alpha value is -1.33. The fraction of sp³-hybridized carbons (Fsp3) is 0.500. The molecule has 5 nitrogen and oxygen atoms in total. The minimum Gasteiger partial charge on any atom is -0.340 e. The van der Waals surface area contributed by atoms with Crippen LogP contribution in [0.15, 0.2) is 12.1 Å². The summed E-state index contributed by atoms with van der Waals surface area (Å²) in [7, 11) is 1.74. The summed E-state index contributed by atoms with van der Waals surface area (Å²) in [6.45, 7) is 4.90. The first-order chi connectivity index (χ1) is 8.45. The number of nitrogens with two attached hydrogens (primary N) is 1. The molecule has 0 unspecified atom stereocenters. The van der Waals surface area contributed by atoms with E-state index in [0.29, 0.717) is 23.3 Å². The molecule has 1 aromatic rings. The molecule has 1 rings (SSSR count). The lowest BCUT2D eigenvalue weighted by Crippen LogP contribution is -2.29. The van der Waals surface area contributed by atoms with Crippen molar-refractivity contribution in [2.75, 3.05) is 19.0 Å². The van der Waals surface area contributed by atoms with Crippen LogP contribution in [0, 0.1) is 5.92 Å². The van der Waals surface area contributed by atoms with Crippen LogP contribution in [-0.2, 0) is 0 Å². The first-order valence-electron chi connectivity index (χ1n) is 5.84. The smallest absolute Gasteiger partial charge is 0.273 e. The third kappa shape index (κ3) is 3.85. The van der Waals surface area contributed by atoms with Gasteiger partial charge in [0.25, 0.3) is 5.91 Å². The van der Waals surface area contributed by atoms with Gasteiger partial charge in [-0.1, -0.05) is 25.4 Å². The maximum absolute atomic E-state index is 12.2. The number of carbonyl (C=O) groups excluding carboxylic acids is 1. The highest BCUT2D eigenvalue weighted by molar-refractivity contribution is 6.33. The third-order valence-electron chi connectivity index (χ3n) is 2.59. The average molecular weight is 271 g/mol. The van der Waals surface area contributed by atoms with Crippen LogP contribution in [0.4, 0.5) is 5.82 Å². The first kappa shape index (κ1) is 14.7. The van der Waals surface area contributed by atoms with E-state index in [1.54, 1.807) is 24.1 Å². The van der Waals surface area contributed by atoms with Crippen molar-refractivity contribution in [2.24, 2.45) is 11.8 Å². The SMILES string of the molecule is CC(C)CCN(C)C(=O)c1nc(NN)ccc1Cl. The maximum atomic E-state index is 12.2. The van der Waals surface area contributed by atoms with Crippen molar-refractivity contribution < 1.29 is 4.79 Å². The number of aromatic nitrogens is 1. The van der Waals surface area contributed by atoms with Crippen molar-refractivity contribution in [3.63, 3.8) is 0 Å². The van der Waals surface area contributed by atoms with E-state index < -0.39 is 0 Å². The molecule has 3 N–H and O–H groups in total. The molecule has 100 valence electrons. The van der Waals surface area contributed by atoms with E-state index in [9.17, 15) is 4.79 Å². The monoisotopic (exact) mass is 270 g/mol. The number of nitrogen functional groups attached to an aromatic ring is 1. The van der Waals surface area contributed by atoms with E-state index in [4.69, 9.17) is 17.4 Å². The number of carbonyl (C=O) groups is 1. The van der Waals surface area contributed by atoms with Gasteiger partial charge in [0, 0.05) is 13.6 Å². The van der Waals surface area contributed by atoms with Crippen LogP contribution in [0.5, 0.6) is 0 Å². The molecule has 0 spiro atoms. The average Bonchev–Trinajstić information content (AvgIpc) is 2.35. The molecule has 1 amide bonds. The summed E-state index contributed by atoms with van der Waals surface area (Å²) >= 11 is 5.98. The highest BCUT2D eigenvalue weighted by Crippen LogP contribution is 2.18. The van der Waals surface area contributed by atoms with Crippen molar-refractivity contribution in [3.8, 4) is 0 Å². The largest absolute Gasteiger partial charge is 0.340 e. The van der Waals surface area contributed by atoms with Crippen LogP contribution in [0.3, 0.4) is 0 Å². The Morgan fingerprint density at radius 2 is 2.22 bits per heavy atom. The molecular formula is C12H19ClN4O. The predicted molar refractivity (Wildman–Crippen MR) is 73.5 cm³/mol. The number of rotatable bonds is 5. The number of anilines is 1. The standard InChI is InChI=1S/C12H19ClN4O/c1-8(2)6-7-17(3)12(18)11-9(13)4-5-10(15-11)16-14/h4-5,8H,6-7,14H2,1-3H3,(H,15,16). The van der Waals surface area contributed by atoms with Gasteiger partial charge in [0.05, 0.1) is 5.02 Å². The van der Waals surface area contributed by atoms with Crippen molar-refractivity contribution >= 4 is 23.3 Å². The number of halogens is 1. The topological polar surface area (TPSA) is 71.2 Å². The summed E-state index contributed by atoms with van der Waals surface area (Å²) in [6, 6.07) is 3.22. The number of hydrogen-bond acceptors (Lipinski definition) is 4. The second-order valence-electron chi connectivity index (χ2n) is 4.58. The van der Waals surface area contributed by atoms with Crippen LogP contribution in [0.1, 0.15) is 30.8 Å². The number of hydrazine groups is 1. The van der Waals surface area contributed by atoms with Crippen LogP contribution >= 0.6 is 11.6 Å². The van der Waals surface area contributed by atoms with E-state index >= 15 is 0 Å². The van der Waals surface area contributed by atoms with E-state index in [0.717, 1.165) is 6.42 Å². The Morgan fingerprint density at radius 1 is 1.56 bits per heavy atom. The summed E-state index contributed by atoms with van der Waals surface area (Å²) in [5.74, 6) is 6.03. The number of pyridine rings is 1. The fourth-order valence-corrected chi connectivity index (χ4v) is 1.59. The molecule has 18 heavy (non-hydrogen) atoms. The molecule has 0 atom stereocenters. The Bertz CT molecular complexity index is 423. The lowest BCUT2D eigenvalue weighted by molar-refractivity contribution is 0.0783. The molecule has 0 bridgehead atoms. The van der Waals surface area contributed by atoms with Gasteiger partial charge in [0.1, 0.15) is 11.5 Å². The van der Waals surface area contributed by atoms with Gasteiger partial charge in [-0.15, -0.1) is 0 Å². The van der Waals surface area contributed by atoms with Crippen LogP contribution in [0.25, 0.3) is 0 Å². The molecule has 0 radical (unpaired) electrons. The van der Waals surface area contributed by atoms with Gasteiger partial charge in [-0.3, -0.25) is 4.79 Å². The van der Waals surface area contributed by atoms with Gasteiger partial charge < -0.3 is 10.3 Å². The van der Waals surface area contributed by atoms with E-state index in [1.807, 2.05) is 0 Å². The van der Waals surface area contributed by atoms with Crippen LogP contribution in [0.2, 0.25) is 5.02 Å². The predicted octanol–water partition coefficient (Wildman–Crippen LogP) is 2.14. The zero-order valence-corrected chi connectivity index (χ0v) is 11.7. The van der Waals surface area contributed by atoms with Gasteiger partial charge >= 0.3 is 0 Å². The Balaban J connectivity index is 2.82. The van der Waals surface area contributed by atoms with Crippen molar-refractivity contribution in [3.05, 3.63) is 22.8 Å². The molecule has 1 aromatic heterocycles. The number of nitrogens with zero attached hydrogens (tertiary/aromatic N) is 2. The Morgan fingerprint density at radius 3 is 2.78 bits per heavy atom. The molecule has 0 aliphatic rings. The summed E-state index contributed by atoms with van der Waals surface area (Å²) < 4.78 is 0. The van der Waals surface area contributed by atoms with E-state index in [-0.39, 0.29) is 11.6 Å². The number of nitrogens with one attached hydrogen (secondary N) is 1. The van der Waals surface area contributed by atoms with Gasteiger partial charge in [-0.05, 0) is 24.5 Å². The van der Waals surface area contributed by atoms with E-state index in [1.165, 1.54) is 0 Å². The molecule has 0 aliphatic heterocycles. The zero-order valence-electron chi connectivity index (χ0n) is 10.9. The second kappa shape index (κ2) is 6.56. The summed E-state index contributed by atoms with van der Waals surface area (Å²) in [6.07, 6.45) is 0.939. The van der Waals surface area contributed by atoms with Crippen LogP contribution in [-0.4, -0.2) is 29.4 Å². The lowest BCUT2D eigenvalue weighted by atomic mass is 10.1. The van der Waals surface area contributed by atoms with Gasteiger partial charge in [0.15, 0.2) is 0 Å². The maximum Gasteiger partial charge on any atom is 0.273 e. The van der Waals surface area contributed by atoms with Crippen molar-refractivity contribution in [1.82, 2.24) is 9.88 Å². The summed E-state index contributed by atoms with van der Waals surface area (Å²) in [5, 5.41) is 0.329. The van der Waals surface area contributed by atoms with Crippen molar-refractivity contribution in [2.45, 2.75) is 20.3 Å². The molecule has 0 aromatic carbocycles. The molecule has 1 heterocycles. The summed E-state index contributed by atoms with van der Waals surface area (Å²) in [4.78, 5) is 17.9. The van der Waals surface area contributed by atoms with E-state index in [2.05, 4.69) is 24.3 Å². The number of amides is 1. The summed E-state index contributed by atoms with van der Waals surface area (Å²) in [5.41, 5.74) is 2.62. The minimum atomic E-state index is -0.197. The highest BCUT2D eigenvalue weighted by atomic mass is 35.5. The minimum absolute atomic E-state index is 0.197. The van der Waals surface area contributed by atoms with Crippen molar-refractivity contribution in [1.29, 1.82) is 0 Å². The van der Waals surface area contributed by atoms with Gasteiger partial charge in [0.2, 0.25) is 0 Å². The third-order valence-corrected chi connectivity index (χ3v) is 2.89. The van der Waals surface area contributed by atoms with Gasteiger partial charge in [-0.2, -0.15) is 0 Å². The fourth-order valence-electron chi connectivity index (χ4n) is 1.41.